The molecule has 0 saturated carbocycles. The molecule has 0 bridgehead atoms. The molecule has 3 heteroatoms. The van der Waals surface area contributed by atoms with E-state index >= 15 is 0 Å². The number of halogens is 1. The summed E-state index contributed by atoms with van der Waals surface area (Å²) in [6.07, 6.45) is 0.939. The summed E-state index contributed by atoms with van der Waals surface area (Å²) in [7, 11) is 1.74. The van der Waals surface area contributed by atoms with Crippen LogP contribution in [0.1, 0.15) is 25.8 Å². The van der Waals surface area contributed by atoms with Crippen molar-refractivity contribution in [2.75, 3.05) is 19.0 Å². The fraction of sp³-hybridized carbons (Fsp3) is 0.538. The van der Waals surface area contributed by atoms with Gasteiger partial charge in [-0.05, 0) is 38.8 Å². The van der Waals surface area contributed by atoms with E-state index in [0.717, 1.165) is 23.7 Å². The quantitative estimate of drug-likeness (QED) is 0.845. The number of anilines is 1. The normalized spacial score (nSPS) is 11.6. The molecule has 1 rings (SSSR count). The lowest BCUT2D eigenvalue weighted by atomic mass is 10.1. The average molecular weight is 242 g/mol. The van der Waals surface area contributed by atoms with Crippen molar-refractivity contribution in [3.05, 3.63) is 28.8 Å². The summed E-state index contributed by atoms with van der Waals surface area (Å²) in [5, 5.41) is 4.13. The van der Waals surface area contributed by atoms with Gasteiger partial charge in [0.15, 0.2) is 0 Å². The second-order valence-corrected chi connectivity index (χ2v) is 4.98. The highest BCUT2D eigenvalue weighted by atomic mass is 35.5. The second-order valence-electron chi connectivity index (χ2n) is 4.57. The molecule has 0 radical (unpaired) electrons. The molecule has 0 aliphatic heterocycles. The summed E-state index contributed by atoms with van der Waals surface area (Å²) >= 11 is 6.12. The smallest absolute Gasteiger partial charge is 0.0640 e. The van der Waals surface area contributed by atoms with Crippen LogP contribution in [0.3, 0.4) is 0 Å². The van der Waals surface area contributed by atoms with Gasteiger partial charge in [-0.2, -0.15) is 0 Å². The summed E-state index contributed by atoms with van der Waals surface area (Å²) in [6.45, 7) is 7.06. The van der Waals surface area contributed by atoms with Crippen LogP contribution in [0.15, 0.2) is 18.2 Å². The van der Waals surface area contributed by atoms with Crippen LogP contribution in [0.25, 0.3) is 0 Å². The van der Waals surface area contributed by atoms with Crippen LogP contribution in [0, 0.1) is 6.92 Å². The Balaban J connectivity index is 2.56. The van der Waals surface area contributed by atoms with Crippen molar-refractivity contribution in [1.29, 1.82) is 0 Å². The standard InChI is InChI=1S/C13H20ClNO/c1-10-6-5-7-11(14)12(10)15-9-8-13(2,3)16-4/h5-7,15H,8-9H2,1-4H3. The maximum atomic E-state index is 6.12. The van der Waals surface area contributed by atoms with E-state index in [1.54, 1.807) is 7.11 Å². The van der Waals surface area contributed by atoms with Gasteiger partial charge in [-0.1, -0.05) is 23.7 Å². The minimum atomic E-state index is -0.0951. The predicted molar refractivity (Wildman–Crippen MR) is 70.4 cm³/mol. The number of hydrogen-bond donors (Lipinski definition) is 1. The summed E-state index contributed by atoms with van der Waals surface area (Å²) in [5.74, 6) is 0. The van der Waals surface area contributed by atoms with E-state index in [-0.39, 0.29) is 5.60 Å². The molecular formula is C13H20ClNO. The van der Waals surface area contributed by atoms with E-state index in [0.29, 0.717) is 0 Å². The minimum absolute atomic E-state index is 0.0951. The topological polar surface area (TPSA) is 21.3 Å². The molecule has 0 aromatic heterocycles. The van der Waals surface area contributed by atoms with Crippen LogP contribution in [0.5, 0.6) is 0 Å². The third kappa shape index (κ3) is 3.69. The van der Waals surface area contributed by atoms with Gasteiger partial charge in [0.2, 0.25) is 0 Å². The fourth-order valence-electron chi connectivity index (χ4n) is 1.45. The minimum Gasteiger partial charge on any atom is -0.384 e. The van der Waals surface area contributed by atoms with Crippen LogP contribution in [-0.2, 0) is 4.74 Å². The Labute approximate surface area is 103 Å². The van der Waals surface area contributed by atoms with E-state index in [1.165, 1.54) is 5.56 Å². The van der Waals surface area contributed by atoms with Crippen molar-refractivity contribution in [2.24, 2.45) is 0 Å². The van der Waals surface area contributed by atoms with Gasteiger partial charge in [-0.25, -0.2) is 0 Å². The molecule has 0 fully saturated rings. The lowest BCUT2D eigenvalue weighted by molar-refractivity contribution is 0.0185. The molecule has 2 nitrogen and oxygen atoms in total. The predicted octanol–water partition coefficient (Wildman–Crippen LogP) is 3.88. The summed E-state index contributed by atoms with van der Waals surface area (Å²) in [4.78, 5) is 0. The molecular weight excluding hydrogens is 222 g/mol. The molecule has 0 aliphatic carbocycles. The van der Waals surface area contributed by atoms with Crippen molar-refractivity contribution in [3.8, 4) is 0 Å². The van der Waals surface area contributed by atoms with Crippen molar-refractivity contribution in [3.63, 3.8) is 0 Å². The van der Waals surface area contributed by atoms with Crippen LogP contribution >= 0.6 is 11.6 Å². The largest absolute Gasteiger partial charge is 0.384 e. The van der Waals surface area contributed by atoms with E-state index < -0.39 is 0 Å². The van der Waals surface area contributed by atoms with Gasteiger partial charge in [0, 0.05) is 13.7 Å². The maximum Gasteiger partial charge on any atom is 0.0640 e. The molecule has 0 amide bonds. The monoisotopic (exact) mass is 241 g/mol. The molecule has 0 atom stereocenters. The highest BCUT2D eigenvalue weighted by Gasteiger charge is 2.15. The number of hydrogen-bond acceptors (Lipinski definition) is 2. The van der Waals surface area contributed by atoms with Gasteiger partial charge in [-0.15, -0.1) is 0 Å². The Kier molecular flexibility index (Phi) is 4.63. The van der Waals surface area contributed by atoms with Gasteiger partial charge in [0.25, 0.3) is 0 Å². The van der Waals surface area contributed by atoms with E-state index in [9.17, 15) is 0 Å². The van der Waals surface area contributed by atoms with E-state index in [1.807, 2.05) is 12.1 Å². The molecule has 0 unspecified atom stereocenters. The van der Waals surface area contributed by atoms with Crippen LogP contribution in [0.2, 0.25) is 5.02 Å². The van der Waals surface area contributed by atoms with Gasteiger partial charge < -0.3 is 10.1 Å². The first-order valence-electron chi connectivity index (χ1n) is 5.50. The third-order valence-corrected chi connectivity index (χ3v) is 3.12. The van der Waals surface area contributed by atoms with Crippen LogP contribution in [-0.4, -0.2) is 19.3 Å². The Bertz CT molecular complexity index is 330. The fourth-order valence-corrected chi connectivity index (χ4v) is 1.74. The van der Waals surface area contributed by atoms with Crippen molar-refractivity contribution in [2.45, 2.75) is 32.8 Å². The number of rotatable bonds is 5. The van der Waals surface area contributed by atoms with Gasteiger partial charge in [-0.3, -0.25) is 0 Å². The molecule has 1 aromatic carbocycles. The molecule has 0 spiro atoms. The SMILES string of the molecule is COC(C)(C)CCNc1c(C)cccc1Cl. The van der Waals surface area contributed by atoms with Crippen LogP contribution < -0.4 is 5.32 Å². The molecule has 16 heavy (non-hydrogen) atoms. The zero-order valence-electron chi connectivity index (χ0n) is 10.4. The summed E-state index contributed by atoms with van der Waals surface area (Å²) in [5.41, 5.74) is 2.10. The van der Waals surface area contributed by atoms with Crippen molar-refractivity contribution in [1.82, 2.24) is 0 Å². The molecule has 1 aromatic rings. The number of nitrogens with one attached hydrogen (secondary N) is 1. The summed E-state index contributed by atoms with van der Waals surface area (Å²) in [6, 6.07) is 5.91. The van der Waals surface area contributed by atoms with Crippen molar-refractivity contribution < 1.29 is 4.74 Å². The number of ether oxygens (including phenoxy) is 1. The lowest BCUT2D eigenvalue weighted by Crippen LogP contribution is -2.25. The first kappa shape index (κ1) is 13.3. The molecule has 0 heterocycles. The number of methoxy groups -OCH3 is 1. The summed E-state index contributed by atoms with van der Waals surface area (Å²) < 4.78 is 5.36. The Morgan fingerprint density at radius 2 is 2.06 bits per heavy atom. The molecule has 90 valence electrons. The van der Waals surface area contributed by atoms with Gasteiger partial charge in [0.1, 0.15) is 0 Å². The Hall–Kier alpha value is -0.730. The zero-order valence-corrected chi connectivity index (χ0v) is 11.2. The highest BCUT2D eigenvalue weighted by Crippen LogP contribution is 2.25. The van der Waals surface area contributed by atoms with Gasteiger partial charge in [0.05, 0.1) is 16.3 Å². The van der Waals surface area contributed by atoms with E-state index in [2.05, 4.69) is 32.2 Å². The first-order valence-corrected chi connectivity index (χ1v) is 5.88. The zero-order chi connectivity index (χ0) is 12.2. The Morgan fingerprint density at radius 1 is 1.38 bits per heavy atom. The second kappa shape index (κ2) is 5.55. The molecule has 0 saturated heterocycles. The van der Waals surface area contributed by atoms with Crippen LogP contribution in [0.4, 0.5) is 5.69 Å². The number of aryl methyl sites for hydroxylation is 1. The van der Waals surface area contributed by atoms with Crippen molar-refractivity contribution >= 4 is 17.3 Å². The van der Waals surface area contributed by atoms with Gasteiger partial charge >= 0.3 is 0 Å². The third-order valence-electron chi connectivity index (χ3n) is 2.80. The number of para-hydroxylation sites is 1. The lowest BCUT2D eigenvalue weighted by Gasteiger charge is -2.23. The first-order chi connectivity index (χ1) is 7.46. The maximum absolute atomic E-state index is 6.12. The average Bonchev–Trinajstić information content (AvgIpc) is 2.22. The number of benzene rings is 1. The van der Waals surface area contributed by atoms with E-state index in [4.69, 9.17) is 16.3 Å². The molecule has 0 aliphatic rings. The Morgan fingerprint density at radius 3 is 2.62 bits per heavy atom. The molecule has 1 N–H and O–H groups in total. The highest BCUT2D eigenvalue weighted by molar-refractivity contribution is 6.33.